The van der Waals surface area contributed by atoms with Crippen LogP contribution in [0.3, 0.4) is 0 Å². The molecule has 0 saturated carbocycles. The van der Waals surface area contributed by atoms with Gasteiger partial charge in [0.25, 0.3) is 0 Å². The van der Waals surface area contributed by atoms with E-state index in [-0.39, 0.29) is 5.28 Å². The Morgan fingerprint density at radius 2 is 1.70 bits per heavy atom. The van der Waals surface area contributed by atoms with Crippen LogP contribution in [0, 0.1) is 0 Å². The van der Waals surface area contributed by atoms with Crippen LogP contribution in [0.5, 0.6) is 0 Å². The normalized spacial score (nSPS) is 10.8. The van der Waals surface area contributed by atoms with Gasteiger partial charge in [0.2, 0.25) is 5.28 Å². The average Bonchev–Trinajstić information content (AvgIpc) is 2.41. The standard InChI is InChI=1S/C14H8Cl3N3/c15-8-5-6-12(10(16)7-8)18-13-9-3-1-2-4-11(9)19-14(17)20-13/h1-7H,(H,18,19,20). The SMILES string of the molecule is Clc1ccc(Nc2nc(Cl)nc3ccccc23)c(Cl)c1. The molecule has 0 spiro atoms. The zero-order valence-electron chi connectivity index (χ0n) is 10.1. The first-order valence-electron chi connectivity index (χ1n) is 5.78. The highest BCUT2D eigenvalue weighted by molar-refractivity contribution is 6.36. The molecule has 1 heterocycles. The fraction of sp³-hybridized carbons (Fsp3) is 0. The number of halogens is 3. The molecule has 0 amide bonds. The summed E-state index contributed by atoms with van der Waals surface area (Å²) >= 11 is 18.0. The van der Waals surface area contributed by atoms with Gasteiger partial charge in [-0.05, 0) is 41.9 Å². The molecule has 1 N–H and O–H groups in total. The van der Waals surface area contributed by atoms with E-state index in [0.717, 1.165) is 10.9 Å². The Balaban J connectivity index is 2.10. The summed E-state index contributed by atoms with van der Waals surface area (Å²) in [6.07, 6.45) is 0. The van der Waals surface area contributed by atoms with E-state index in [1.807, 2.05) is 24.3 Å². The number of para-hydroxylation sites is 1. The molecule has 0 fully saturated rings. The van der Waals surface area contributed by atoms with Crippen molar-refractivity contribution in [3.63, 3.8) is 0 Å². The molecule has 100 valence electrons. The second kappa shape index (κ2) is 5.44. The Kier molecular flexibility index (Phi) is 3.66. The summed E-state index contributed by atoms with van der Waals surface area (Å²) in [5, 5.41) is 5.28. The molecule has 20 heavy (non-hydrogen) atoms. The number of rotatable bonds is 2. The quantitative estimate of drug-likeness (QED) is 0.647. The highest BCUT2D eigenvalue weighted by Gasteiger charge is 2.08. The monoisotopic (exact) mass is 323 g/mol. The number of aromatic nitrogens is 2. The second-order valence-electron chi connectivity index (χ2n) is 4.11. The zero-order valence-corrected chi connectivity index (χ0v) is 12.3. The maximum atomic E-state index is 6.15. The van der Waals surface area contributed by atoms with E-state index in [0.29, 0.717) is 21.6 Å². The van der Waals surface area contributed by atoms with Crippen molar-refractivity contribution in [3.05, 3.63) is 57.8 Å². The second-order valence-corrected chi connectivity index (χ2v) is 5.29. The molecule has 0 aliphatic carbocycles. The van der Waals surface area contributed by atoms with Gasteiger partial charge in [-0.25, -0.2) is 4.98 Å². The molecule has 0 aliphatic heterocycles. The average molecular weight is 325 g/mol. The molecule has 0 bridgehead atoms. The van der Waals surface area contributed by atoms with E-state index in [9.17, 15) is 0 Å². The number of nitrogens with zero attached hydrogens (tertiary/aromatic N) is 2. The molecule has 2 aromatic carbocycles. The predicted octanol–water partition coefficient (Wildman–Crippen LogP) is 5.33. The van der Waals surface area contributed by atoms with Crippen molar-refractivity contribution in [2.75, 3.05) is 5.32 Å². The number of anilines is 2. The van der Waals surface area contributed by atoms with Crippen LogP contribution in [0.15, 0.2) is 42.5 Å². The van der Waals surface area contributed by atoms with Crippen LogP contribution in [0.1, 0.15) is 0 Å². The highest BCUT2D eigenvalue weighted by Crippen LogP contribution is 2.30. The molecule has 0 unspecified atom stereocenters. The van der Waals surface area contributed by atoms with E-state index in [1.165, 1.54) is 0 Å². The van der Waals surface area contributed by atoms with Crippen LogP contribution in [0.25, 0.3) is 10.9 Å². The maximum absolute atomic E-state index is 6.15. The lowest BCUT2D eigenvalue weighted by molar-refractivity contribution is 1.22. The van der Waals surface area contributed by atoms with Crippen LogP contribution in [0.4, 0.5) is 11.5 Å². The van der Waals surface area contributed by atoms with Gasteiger partial charge in [0.1, 0.15) is 5.82 Å². The van der Waals surface area contributed by atoms with Crippen molar-refractivity contribution in [2.45, 2.75) is 0 Å². The fourth-order valence-electron chi connectivity index (χ4n) is 1.86. The van der Waals surface area contributed by atoms with Gasteiger partial charge in [0.15, 0.2) is 0 Å². The van der Waals surface area contributed by atoms with Crippen LogP contribution in [-0.2, 0) is 0 Å². The third kappa shape index (κ3) is 2.66. The molecular weight excluding hydrogens is 317 g/mol. The maximum Gasteiger partial charge on any atom is 0.224 e. The molecular formula is C14H8Cl3N3. The summed E-state index contributed by atoms with van der Waals surface area (Å²) in [5.41, 5.74) is 1.47. The summed E-state index contributed by atoms with van der Waals surface area (Å²) in [6.45, 7) is 0. The molecule has 3 aromatic rings. The predicted molar refractivity (Wildman–Crippen MR) is 84.3 cm³/mol. The number of nitrogens with one attached hydrogen (secondary N) is 1. The number of fused-ring (bicyclic) bond motifs is 1. The third-order valence-corrected chi connectivity index (χ3v) is 3.48. The van der Waals surface area contributed by atoms with Crippen molar-refractivity contribution < 1.29 is 0 Å². The minimum absolute atomic E-state index is 0.177. The van der Waals surface area contributed by atoms with Crippen LogP contribution in [0.2, 0.25) is 15.3 Å². The van der Waals surface area contributed by atoms with Gasteiger partial charge in [-0.15, -0.1) is 0 Å². The van der Waals surface area contributed by atoms with Gasteiger partial charge in [0.05, 0.1) is 16.2 Å². The Labute approximate surface area is 130 Å². The molecule has 0 aliphatic rings. The molecule has 3 rings (SSSR count). The van der Waals surface area contributed by atoms with Crippen molar-refractivity contribution in [1.82, 2.24) is 9.97 Å². The van der Waals surface area contributed by atoms with Crippen molar-refractivity contribution >= 4 is 57.2 Å². The first-order chi connectivity index (χ1) is 9.63. The van der Waals surface area contributed by atoms with Crippen molar-refractivity contribution in [3.8, 4) is 0 Å². The lowest BCUT2D eigenvalue weighted by Gasteiger charge is -2.10. The summed E-state index contributed by atoms with van der Waals surface area (Å²) < 4.78 is 0. The summed E-state index contributed by atoms with van der Waals surface area (Å²) in [7, 11) is 0. The minimum Gasteiger partial charge on any atom is -0.338 e. The van der Waals surface area contributed by atoms with Gasteiger partial charge in [-0.1, -0.05) is 35.3 Å². The number of hydrogen-bond acceptors (Lipinski definition) is 3. The van der Waals surface area contributed by atoms with Gasteiger partial charge in [0, 0.05) is 10.4 Å². The first-order valence-corrected chi connectivity index (χ1v) is 6.91. The number of benzene rings is 2. The smallest absolute Gasteiger partial charge is 0.224 e. The molecule has 0 atom stereocenters. The van der Waals surface area contributed by atoms with Gasteiger partial charge >= 0.3 is 0 Å². The zero-order chi connectivity index (χ0) is 14.1. The summed E-state index contributed by atoms with van der Waals surface area (Å²) in [4.78, 5) is 8.39. The Bertz CT molecular complexity index is 790. The lowest BCUT2D eigenvalue weighted by Crippen LogP contribution is -1.97. The van der Waals surface area contributed by atoms with Crippen LogP contribution < -0.4 is 5.32 Å². The third-order valence-electron chi connectivity index (χ3n) is 2.76. The van der Waals surface area contributed by atoms with Crippen molar-refractivity contribution in [2.24, 2.45) is 0 Å². The van der Waals surface area contributed by atoms with Gasteiger partial charge in [-0.3, -0.25) is 0 Å². The van der Waals surface area contributed by atoms with Gasteiger partial charge in [-0.2, -0.15) is 4.98 Å². The molecule has 0 saturated heterocycles. The largest absolute Gasteiger partial charge is 0.338 e. The Morgan fingerprint density at radius 3 is 2.50 bits per heavy atom. The van der Waals surface area contributed by atoms with E-state index in [1.54, 1.807) is 18.2 Å². The molecule has 3 nitrogen and oxygen atoms in total. The van der Waals surface area contributed by atoms with E-state index >= 15 is 0 Å². The minimum atomic E-state index is 0.177. The van der Waals surface area contributed by atoms with E-state index in [2.05, 4.69) is 15.3 Å². The van der Waals surface area contributed by atoms with E-state index in [4.69, 9.17) is 34.8 Å². The number of hydrogen-bond donors (Lipinski definition) is 1. The molecule has 6 heteroatoms. The first kappa shape index (κ1) is 13.4. The topological polar surface area (TPSA) is 37.8 Å². The van der Waals surface area contributed by atoms with E-state index < -0.39 is 0 Å². The van der Waals surface area contributed by atoms with Gasteiger partial charge < -0.3 is 5.32 Å². The Morgan fingerprint density at radius 1 is 0.900 bits per heavy atom. The molecule has 0 radical (unpaired) electrons. The fourth-order valence-corrected chi connectivity index (χ4v) is 2.49. The van der Waals surface area contributed by atoms with Crippen LogP contribution in [-0.4, -0.2) is 9.97 Å². The summed E-state index contributed by atoms with van der Waals surface area (Å²) in [5.74, 6) is 0.602. The lowest BCUT2D eigenvalue weighted by atomic mass is 10.2. The molecule has 1 aromatic heterocycles. The summed E-state index contributed by atoms with van der Waals surface area (Å²) in [6, 6.07) is 12.8. The highest BCUT2D eigenvalue weighted by atomic mass is 35.5. The Hall–Kier alpha value is -1.55. The van der Waals surface area contributed by atoms with Crippen LogP contribution >= 0.6 is 34.8 Å². The van der Waals surface area contributed by atoms with Crippen molar-refractivity contribution in [1.29, 1.82) is 0 Å².